The molecule has 3 N–H and O–H groups in total. The fraction of sp³-hybridized carbons (Fsp3) is 0.125. The van der Waals surface area contributed by atoms with Gasteiger partial charge in [0.15, 0.2) is 5.13 Å². The Kier molecular flexibility index (Phi) is 4.86. The fourth-order valence-electron chi connectivity index (χ4n) is 2.16. The molecule has 9 heteroatoms. The lowest BCUT2D eigenvalue weighted by molar-refractivity contribution is 0.251. The molecule has 0 fully saturated rings. The molecule has 0 aliphatic rings. The van der Waals surface area contributed by atoms with Crippen molar-refractivity contribution in [3.05, 3.63) is 54.1 Å². The maximum absolute atomic E-state index is 12.0. The average molecular weight is 376 g/mol. The Morgan fingerprint density at radius 2 is 1.92 bits per heavy atom. The monoisotopic (exact) mass is 376 g/mol. The van der Waals surface area contributed by atoms with Gasteiger partial charge in [-0.25, -0.2) is 18.2 Å². The van der Waals surface area contributed by atoms with Crippen molar-refractivity contribution in [1.82, 2.24) is 10.3 Å². The lowest BCUT2D eigenvalue weighted by Gasteiger charge is -2.07. The molecule has 2 aromatic carbocycles. The van der Waals surface area contributed by atoms with Crippen molar-refractivity contribution in [2.24, 2.45) is 0 Å². The Balaban J connectivity index is 1.66. The van der Waals surface area contributed by atoms with Crippen molar-refractivity contribution in [2.75, 3.05) is 16.3 Å². The summed E-state index contributed by atoms with van der Waals surface area (Å²) in [4.78, 5) is 16.2. The first-order chi connectivity index (χ1) is 11.9. The molecule has 7 nitrogen and oxygen atoms in total. The van der Waals surface area contributed by atoms with Crippen LogP contribution in [0.3, 0.4) is 0 Å². The number of rotatable bonds is 5. The van der Waals surface area contributed by atoms with Crippen LogP contribution >= 0.6 is 11.3 Å². The summed E-state index contributed by atoms with van der Waals surface area (Å²) in [6.45, 7) is 0.428. The zero-order valence-electron chi connectivity index (χ0n) is 13.3. The van der Waals surface area contributed by atoms with E-state index in [-0.39, 0.29) is 6.03 Å². The zero-order valence-corrected chi connectivity index (χ0v) is 14.9. The van der Waals surface area contributed by atoms with E-state index in [1.807, 2.05) is 30.3 Å². The van der Waals surface area contributed by atoms with Gasteiger partial charge in [-0.15, -0.1) is 0 Å². The number of hydrogen-bond donors (Lipinski definition) is 3. The van der Waals surface area contributed by atoms with Gasteiger partial charge >= 0.3 is 6.03 Å². The molecule has 0 aliphatic heterocycles. The number of hydrogen-bond acceptors (Lipinski definition) is 5. The van der Waals surface area contributed by atoms with Crippen LogP contribution in [0.4, 0.5) is 15.6 Å². The van der Waals surface area contributed by atoms with E-state index in [0.29, 0.717) is 22.9 Å². The molecule has 0 spiro atoms. The van der Waals surface area contributed by atoms with Crippen LogP contribution in [-0.2, 0) is 16.6 Å². The summed E-state index contributed by atoms with van der Waals surface area (Å²) in [6.07, 6.45) is 1.07. The maximum atomic E-state index is 12.0. The largest absolute Gasteiger partial charge is 0.334 e. The van der Waals surface area contributed by atoms with Crippen molar-refractivity contribution in [3.63, 3.8) is 0 Å². The first-order valence-electron chi connectivity index (χ1n) is 7.36. The molecular formula is C16H16N4O3S2. The van der Waals surface area contributed by atoms with Crippen LogP contribution in [0.25, 0.3) is 10.2 Å². The lowest BCUT2D eigenvalue weighted by Crippen LogP contribution is -2.28. The second-order valence-electron chi connectivity index (χ2n) is 5.37. The molecule has 3 aromatic rings. The normalized spacial score (nSPS) is 11.2. The standard InChI is InChI=1S/C16H16N4O3S2/c1-25(22,23)20-16-19-13-8-7-12(9-14(13)24-16)18-15(21)17-10-11-5-3-2-4-6-11/h2-9H,10H2,1H3,(H,19,20)(H2,17,18,21). The first-order valence-corrected chi connectivity index (χ1v) is 10.1. The van der Waals surface area contributed by atoms with E-state index in [2.05, 4.69) is 20.3 Å². The molecule has 0 saturated carbocycles. The summed E-state index contributed by atoms with van der Waals surface area (Å²) in [5.74, 6) is 0. The smallest absolute Gasteiger partial charge is 0.319 e. The molecule has 0 bridgehead atoms. The van der Waals surface area contributed by atoms with Gasteiger partial charge in [-0.1, -0.05) is 41.7 Å². The summed E-state index contributed by atoms with van der Waals surface area (Å²) in [7, 11) is -3.37. The highest BCUT2D eigenvalue weighted by Gasteiger charge is 2.09. The van der Waals surface area contributed by atoms with Crippen LogP contribution in [0.15, 0.2) is 48.5 Å². The molecule has 0 aliphatic carbocycles. The number of carbonyl (C=O) groups is 1. The van der Waals surface area contributed by atoms with E-state index in [0.717, 1.165) is 16.5 Å². The van der Waals surface area contributed by atoms with Crippen molar-refractivity contribution in [2.45, 2.75) is 6.54 Å². The minimum absolute atomic E-state index is 0.295. The third-order valence-corrected chi connectivity index (χ3v) is 4.84. The zero-order chi connectivity index (χ0) is 17.9. The fourth-order valence-corrected chi connectivity index (χ4v) is 3.90. The summed E-state index contributed by atoms with van der Waals surface area (Å²) in [6, 6.07) is 14.5. The summed E-state index contributed by atoms with van der Waals surface area (Å²) < 4.78 is 25.7. The summed E-state index contributed by atoms with van der Waals surface area (Å²) in [5, 5.41) is 5.82. The topological polar surface area (TPSA) is 100 Å². The third kappa shape index (κ3) is 4.91. The molecule has 130 valence electrons. The summed E-state index contributed by atoms with van der Waals surface area (Å²) in [5.41, 5.74) is 2.27. The highest BCUT2D eigenvalue weighted by molar-refractivity contribution is 7.92. The molecule has 2 amide bonds. The van der Waals surface area contributed by atoms with Gasteiger partial charge in [-0.2, -0.15) is 0 Å². The van der Waals surface area contributed by atoms with Crippen LogP contribution in [0, 0.1) is 0 Å². The average Bonchev–Trinajstić information content (AvgIpc) is 2.93. The Bertz CT molecular complexity index is 1000. The second-order valence-corrected chi connectivity index (χ2v) is 8.15. The number of benzene rings is 2. The van der Waals surface area contributed by atoms with Crippen molar-refractivity contribution < 1.29 is 13.2 Å². The predicted octanol–water partition coefficient (Wildman–Crippen LogP) is 2.99. The predicted molar refractivity (Wildman–Crippen MR) is 100 cm³/mol. The third-order valence-electron chi connectivity index (χ3n) is 3.21. The van der Waals surface area contributed by atoms with Crippen molar-refractivity contribution in [1.29, 1.82) is 0 Å². The van der Waals surface area contributed by atoms with Gasteiger partial charge in [-0.05, 0) is 23.8 Å². The number of urea groups is 1. The number of nitrogens with zero attached hydrogens (tertiary/aromatic N) is 1. The number of thiazole rings is 1. The van der Waals surface area contributed by atoms with Gasteiger partial charge in [0.05, 0.1) is 16.5 Å². The maximum Gasteiger partial charge on any atom is 0.319 e. The highest BCUT2D eigenvalue weighted by atomic mass is 32.2. The Hall–Kier alpha value is -2.65. The molecule has 0 radical (unpaired) electrons. The van der Waals surface area contributed by atoms with E-state index < -0.39 is 10.0 Å². The van der Waals surface area contributed by atoms with Gasteiger partial charge in [0, 0.05) is 12.2 Å². The van der Waals surface area contributed by atoms with Crippen molar-refractivity contribution >= 4 is 48.4 Å². The molecule has 1 aromatic heterocycles. The number of nitrogens with one attached hydrogen (secondary N) is 3. The number of carbonyl (C=O) groups excluding carboxylic acids is 1. The molecule has 0 atom stereocenters. The minimum atomic E-state index is -3.37. The van der Waals surface area contributed by atoms with Crippen molar-refractivity contribution in [3.8, 4) is 0 Å². The number of amides is 2. The highest BCUT2D eigenvalue weighted by Crippen LogP contribution is 2.28. The lowest BCUT2D eigenvalue weighted by atomic mass is 10.2. The van der Waals surface area contributed by atoms with Crippen LogP contribution in [0.5, 0.6) is 0 Å². The van der Waals surface area contributed by atoms with Crippen LogP contribution in [0.1, 0.15) is 5.56 Å². The molecule has 0 saturated heterocycles. The molecule has 0 unspecified atom stereocenters. The van der Waals surface area contributed by atoms with Crippen LogP contribution < -0.4 is 15.4 Å². The van der Waals surface area contributed by atoms with E-state index >= 15 is 0 Å². The van der Waals surface area contributed by atoms with Gasteiger partial charge in [0.1, 0.15) is 0 Å². The van der Waals surface area contributed by atoms with E-state index in [1.165, 1.54) is 11.3 Å². The molecule has 3 rings (SSSR count). The SMILES string of the molecule is CS(=O)(=O)Nc1nc2ccc(NC(=O)NCc3ccccc3)cc2s1. The summed E-state index contributed by atoms with van der Waals surface area (Å²) >= 11 is 1.20. The molecule has 1 heterocycles. The van der Waals surface area contributed by atoms with E-state index in [1.54, 1.807) is 18.2 Å². The van der Waals surface area contributed by atoms with Gasteiger partial charge < -0.3 is 10.6 Å². The Morgan fingerprint density at radius 1 is 1.16 bits per heavy atom. The first kappa shape index (κ1) is 17.2. The van der Waals surface area contributed by atoms with E-state index in [4.69, 9.17) is 0 Å². The number of sulfonamides is 1. The number of aromatic nitrogens is 1. The van der Waals surface area contributed by atoms with Crippen LogP contribution in [-0.4, -0.2) is 25.7 Å². The van der Waals surface area contributed by atoms with Gasteiger partial charge in [0.2, 0.25) is 10.0 Å². The number of fused-ring (bicyclic) bond motifs is 1. The van der Waals surface area contributed by atoms with Gasteiger partial charge in [0.25, 0.3) is 0 Å². The van der Waals surface area contributed by atoms with E-state index in [9.17, 15) is 13.2 Å². The second kappa shape index (κ2) is 7.08. The quantitative estimate of drug-likeness (QED) is 0.637. The minimum Gasteiger partial charge on any atom is -0.334 e. The molecular weight excluding hydrogens is 360 g/mol. The Labute approximate surface area is 149 Å². The number of anilines is 2. The van der Waals surface area contributed by atoms with Crippen LogP contribution in [0.2, 0.25) is 0 Å². The molecule has 25 heavy (non-hydrogen) atoms. The van der Waals surface area contributed by atoms with Gasteiger partial charge in [-0.3, -0.25) is 4.72 Å². The Morgan fingerprint density at radius 3 is 2.64 bits per heavy atom.